The maximum Gasteiger partial charge on any atom is 0.0364 e. The Balaban J connectivity index is 2.85. The Bertz CT molecular complexity index is 448. The molecule has 0 radical (unpaired) electrons. The lowest BCUT2D eigenvalue weighted by molar-refractivity contribution is 1.41. The van der Waals surface area contributed by atoms with Crippen molar-refractivity contribution < 1.29 is 0 Å². The predicted molar refractivity (Wildman–Crippen MR) is 79.0 cm³/mol. The van der Waals surface area contributed by atoms with Crippen molar-refractivity contribution >= 4 is 78.4 Å². The van der Waals surface area contributed by atoms with E-state index in [0.717, 1.165) is 0 Å². The minimum atomic E-state index is 1.37. The summed E-state index contributed by atoms with van der Waals surface area (Å²) in [5, 5.41) is 3.56. The van der Waals surface area contributed by atoms with Gasteiger partial charge in [-0.2, -0.15) is 0 Å². The molecule has 68 valence electrons. The number of hydrogen-bond donors (Lipinski definition) is 0. The molecule has 0 aliphatic rings. The first-order valence-corrected chi connectivity index (χ1v) is 7.89. The lowest BCUT2D eigenvalue weighted by atomic mass is 10.3. The first-order valence-electron chi connectivity index (χ1n) is 3.63. The SMILES string of the molecule is CSc1c(I)cc2sccc2c1I. The van der Waals surface area contributed by atoms with Crippen LogP contribution in [0.5, 0.6) is 0 Å². The molecule has 0 fully saturated rings. The van der Waals surface area contributed by atoms with E-state index in [1.165, 1.54) is 22.1 Å². The number of thiophene rings is 1. The van der Waals surface area contributed by atoms with Gasteiger partial charge in [0.2, 0.25) is 0 Å². The normalized spacial score (nSPS) is 11.0. The van der Waals surface area contributed by atoms with Gasteiger partial charge in [-0.25, -0.2) is 0 Å². The topological polar surface area (TPSA) is 0 Å². The van der Waals surface area contributed by atoms with E-state index in [-0.39, 0.29) is 0 Å². The molecule has 0 saturated carbocycles. The first-order chi connectivity index (χ1) is 6.24. The number of hydrogen-bond acceptors (Lipinski definition) is 2. The second-order valence-corrected chi connectivity index (χ2v) is 6.54. The molecule has 1 aromatic heterocycles. The van der Waals surface area contributed by atoms with Gasteiger partial charge >= 0.3 is 0 Å². The van der Waals surface area contributed by atoms with E-state index in [1.807, 2.05) is 23.1 Å². The molecule has 2 rings (SSSR count). The standard InChI is InChI=1S/C9H6I2S2/c1-12-9-6(10)4-7-5(8(9)11)2-3-13-7/h2-4H,1H3. The molecule has 0 amide bonds. The summed E-state index contributed by atoms with van der Waals surface area (Å²) in [6.45, 7) is 0. The van der Waals surface area contributed by atoms with Crippen molar-refractivity contribution in [3.8, 4) is 0 Å². The molecule has 0 spiro atoms. The van der Waals surface area contributed by atoms with E-state index in [1.54, 1.807) is 0 Å². The van der Waals surface area contributed by atoms with E-state index in [4.69, 9.17) is 0 Å². The third-order valence-corrected chi connectivity index (χ3v) is 6.21. The lowest BCUT2D eigenvalue weighted by Crippen LogP contribution is -1.83. The molecule has 0 N–H and O–H groups in total. The third-order valence-electron chi connectivity index (χ3n) is 1.81. The summed E-state index contributed by atoms with van der Waals surface area (Å²) in [4.78, 5) is 1.41. The van der Waals surface area contributed by atoms with E-state index in [0.29, 0.717) is 0 Å². The van der Waals surface area contributed by atoms with Crippen molar-refractivity contribution in [2.45, 2.75) is 4.90 Å². The third kappa shape index (κ3) is 1.87. The van der Waals surface area contributed by atoms with Crippen molar-refractivity contribution in [3.63, 3.8) is 0 Å². The van der Waals surface area contributed by atoms with E-state index >= 15 is 0 Å². The van der Waals surface area contributed by atoms with Crippen LogP contribution >= 0.6 is 68.3 Å². The summed E-state index contributed by atoms with van der Waals surface area (Å²) in [5.74, 6) is 0. The highest BCUT2D eigenvalue weighted by Gasteiger charge is 2.09. The number of halogens is 2. The Kier molecular flexibility index (Phi) is 3.43. The molecule has 4 heteroatoms. The quantitative estimate of drug-likeness (QED) is 0.460. The van der Waals surface area contributed by atoms with Gasteiger partial charge in [-0.15, -0.1) is 23.1 Å². The summed E-state index contributed by atoms with van der Waals surface area (Å²) >= 11 is 8.50. The predicted octanol–water partition coefficient (Wildman–Crippen LogP) is 4.83. The number of fused-ring (bicyclic) bond motifs is 1. The molecule has 0 unspecified atom stereocenters. The molecule has 0 atom stereocenters. The Morgan fingerprint density at radius 2 is 2.15 bits per heavy atom. The summed E-state index contributed by atoms with van der Waals surface area (Å²) in [5.41, 5.74) is 0. The Morgan fingerprint density at radius 1 is 1.38 bits per heavy atom. The molecule has 2 aromatic rings. The van der Waals surface area contributed by atoms with Gasteiger partial charge in [0.1, 0.15) is 0 Å². The second-order valence-electron chi connectivity index (χ2n) is 2.54. The fraction of sp³-hybridized carbons (Fsp3) is 0.111. The molecule has 0 saturated heterocycles. The Hall–Kier alpha value is 0.990. The highest BCUT2D eigenvalue weighted by atomic mass is 127. The minimum Gasteiger partial charge on any atom is -0.144 e. The molecule has 0 nitrogen and oxygen atoms in total. The van der Waals surface area contributed by atoms with Gasteiger partial charge < -0.3 is 0 Å². The number of thioether (sulfide) groups is 1. The zero-order valence-corrected chi connectivity index (χ0v) is 12.8. The minimum absolute atomic E-state index is 1.37. The summed E-state index contributed by atoms with van der Waals surface area (Å²) < 4.78 is 4.16. The van der Waals surface area contributed by atoms with Gasteiger partial charge in [-0.3, -0.25) is 0 Å². The number of benzene rings is 1. The average Bonchev–Trinajstić information content (AvgIpc) is 2.53. The largest absolute Gasteiger partial charge is 0.144 e. The molecule has 1 heterocycles. The zero-order valence-electron chi connectivity index (χ0n) is 6.80. The second kappa shape index (κ2) is 4.24. The van der Waals surface area contributed by atoms with Crippen molar-refractivity contribution in [1.29, 1.82) is 0 Å². The summed E-state index contributed by atoms with van der Waals surface area (Å²) in [6.07, 6.45) is 2.14. The van der Waals surface area contributed by atoms with Crippen molar-refractivity contribution in [2.24, 2.45) is 0 Å². The summed E-state index contributed by atoms with van der Waals surface area (Å²) in [7, 11) is 0. The maximum absolute atomic E-state index is 2.44. The van der Waals surface area contributed by atoms with Crippen molar-refractivity contribution in [2.75, 3.05) is 6.26 Å². The fourth-order valence-corrected chi connectivity index (χ4v) is 6.16. The highest BCUT2D eigenvalue weighted by molar-refractivity contribution is 14.1. The van der Waals surface area contributed by atoms with Gasteiger partial charge in [0.15, 0.2) is 0 Å². The average molecular weight is 432 g/mol. The Morgan fingerprint density at radius 3 is 2.85 bits per heavy atom. The summed E-state index contributed by atoms with van der Waals surface area (Å²) in [6, 6.07) is 4.48. The van der Waals surface area contributed by atoms with Gasteiger partial charge in [-0.05, 0) is 69.0 Å². The molecule has 1 aromatic carbocycles. The smallest absolute Gasteiger partial charge is 0.0364 e. The van der Waals surface area contributed by atoms with Crippen LogP contribution in [-0.4, -0.2) is 6.26 Å². The van der Waals surface area contributed by atoms with Crippen molar-refractivity contribution in [1.82, 2.24) is 0 Å². The Labute approximate surface area is 113 Å². The molecular formula is C9H6I2S2. The van der Waals surface area contributed by atoms with Crippen LogP contribution in [0.1, 0.15) is 0 Å². The molecule has 0 bridgehead atoms. The fourth-order valence-electron chi connectivity index (χ4n) is 1.21. The number of rotatable bonds is 1. The van der Waals surface area contributed by atoms with Crippen LogP contribution in [0.4, 0.5) is 0 Å². The van der Waals surface area contributed by atoms with E-state index in [9.17, 15) is 0 Å². The molecular weight excluding hydrogens is 426 g/mol. The highest BCUT2D eigenvalue weighted by Crippen LogP contribution is 2.36. The van der Waals surface area contributed by atoms with E-state index in [2.05, 4.69) is 69.0 Å². The van der Waals surface area contributed by atoms with Crippen LogP contribution in [0, 0.1) is 7.14 Å². The lowest BCUT2D eigenvalue weighted by Gasteiger charge is -2.05. The zero-order chi connectivity index (χ0) is 9.42. The van der Waals surface area contributed by atoms with Gasteiger partial charge in [0.05, 0.1) is 0 Å². The molecule has 0 aliphatic carbocycles. The maximum atomic E-state index is 2.44. The van der Waals surface area contributed by atoms with Crippen LogP contribution < -0.4 is 0 Å². The van der Waals surface area contributed by atoms with Crippen LogP contribution in [0.25, 0.3) is 10.1 Å². The van der Waals surface area contributed by atoms with E-state index < -0.39 is 0 Å². The monoisotopic (exact) mass is 432 g/mol. The molecule has 13 heavy (non-hydrogen) atoms. The van der Waals surface area contributed by atoms with Crippen LogP contribution in [0.3, 0.4) is 0 Å². The van der Waals surface area contributed by atoms with Gasteiger partial charge in [0, 0.05) is 22.1 Å². The molecule has 0 aliphatic heterocycles. The van der Waals surface area contributed by atoms with Crippen molar-refractivity contribution in [3.05, 3.63) is 24.7 Å². The van der Waals surface area contributed by atoms with Gasteiger partial charge in [-0.1, -0.05) is 0 Å². The van der Waals surface area contributed by atoms with Crippen LogP contribution in [0.15, 0.2) is 22.4 Å². The van der Waals surface area contributed by atoms with Gasteiger partial charge in [0.25, 0.3) is 0 Å². The first kappa shape index (κ1) is 10.5. The van der Waals surface area contributed by atoms with Crippen LogP contribution in [0.2, 0.25) is 0 Å². The van der Waals surface area contributed by atoms with Crippen LogP contribution in [-0.2, 0) is 0 Å².